The number of nitrogens with zero attached hydrogens (tertiary/aromatic N) is 6. The number of piperidine rings is 1. The van der Waals surface area contributed by atoms with Crippen LogP contribution in [0.3, 0.4) is 0 Å². The number of rotatable bonds is 6. The highest BCUT2D eigenvalue weighted by Gasteiger charge is 2.36. The van der Waals surface area contributed by atoms with Crippen LogP contribution in [-0.4, -0.2) is 48.9 Å². The summed E-state index contributed by atoms with van der Waals surface area (Å²) in [7, 11) is 1.55. The molecule has 0 bridgehead atoms. The summed E-state index contributed by atoms with van der Waals surface area (Å²) in [4.78, 5) is 36.6. The standard InChI is InChI=1S/C24H22ClF5N6O3S/c1-34-9-14(20(32-34)21(26)27)18-7-16(33-39-18)17-11-40-22(31-17)12-2-4-35(5-3-12)19(37)10-36-8-13(25)6-15(23(36)38)24(28,29)30/h6,8-9,11-12,18,21H,2-5,7,10H2,1H3. The first-order valence-electron chi connectivity index (χ1n) is 12.2. The van der Waals surface area contributed by atoms with Crippen molar-refractivity contribution in [1.82, 2.24) is 24.2 Å². The van der Waals surface area contributed by atoms with Crippen molar-refractivity contribution in [3.63, 3.8) is 0 Å². The molecule has 0 saturated carbocycles. The summed E-state index contributed by atoms with van der Waals surface area (Å²) in [6.45, 7) is 0.118. The molecule has 0 aromatic carbocycles. The van der Waals surface area contributed by atoms with Gasteiger partial charge in [0, 0.05) is 55.8 Å². The van der Waals surface area contributed by atoms with Crippen LogP contribution < -0.4 is 5.56 Å². The zero-order valence-corrected chi connectivity index (χ0v) is 22.4. The van der Waals surface area contributed by atoms with E-state index < -0.39 is 42.3 Å². The number of carbonyl (C=O) groups excluding carboxylic acids is 1. The summed E-state index contributed by atoms with van der Waals surface area (Å²) in [6, 6.07) is 0.543. The molecule has 0 aliphatic carbocycles. The van der Waals surface area contributed by atoms with Crippen LogP contribution in [0.5, 0.6) is 0 Å². The van der Waals surface area contributed by atoms with Gasteiger partial charge in [-0.3, -0.25) is 14.3 Å². The maximum Gasteiger partial charge on any atom is 0.421 e. The quantitative estimate of drug-likeness (QED) is 0.372. The van der Waals surface area contributed by atoms with Crippen LogP contribution in [0.1, 0.15) is 65.2 Å². The molecule has 40 heavy (non-hydrogen) atoms. The van der Waals surface area contributed by atoms with Crippen molar-refractivity contribution in [2.75, 3.05) is 13.1 Å². The van der Waals surface area contributed by atoms with Crippen LogP contribution in [0.4, 0.5) is 22.0 Å². The third kappa shape index (κ3) is 5.75. The first-order valence-corrected chi connectivity index (χ1v) is 13.4. The molecule has 0 radical (unpaired) electrons. The molecule has 3 aromatic heterocycles. The molecule has 16 heteroatoms. The van der Waals surface area contributed by atoms with Gasteiger partial charge in [0.25, 0.3) is 12.0 Å². The monoisotopic (exact) mass is 604 g/mol. The predicted molar refractivity (Wildman–Crippen MR) is 135 cm³/mol. The van der Waals surface area contributed by atoms with E-state index in [1.807, 2.05) is 5.38 Å². The van der Waals surface area contributed by atoms with Gasteiger partial charge in [-0.1, -0.05) is 16.8 Å². The van der Waals surface area contributed by atoms with Crippen LogP contribution in [0.2, 0.25) is 5.02 Å². The van der Waals surface area contributed by atoms with Gasteiger partial charge in [-0.25, -0.2) is 13.8 Å². The van der Waals surface area contributed by atoms with Crippen LogP contribution >= 0.6 is 22.9 Å². The van der Waals surface area contributed by atoms with E-state index in [9.17, 15) is 31.5 Å². The Morgan fingerprint density at radius 3 is 2.65 bits per heavy atom. The highest BCUT2D eigenvalue weighted by atomic mass is 35.5. The van der Waals surface area contributed by atoms with Crippen molar-refractivity contribution in [2.45, 2.75) is 50.4 Å². The van der Waals surface area contributed by atoms with Gasteiger partial charge in [0.05, 0.1) is 15.7 Å². The maximum atomic E-state index is 13.3. The fraction of sp³-hybridized carbons (Fsp3) is 0.458. The molecule has 2 aliphatic rings. The number of alkyl halides is 5. The third-order valence-electron chi connectivity index (χ3n) is 6.79. The Morgan fingerprint density at radius 1 is 1.25 bits per heavy atom. The van der Waals surface area contributed by atoms with Crippen molar-refractivity contribution in [3.05, 3.63) is 66.7 Å². The summed E-state index contributed by atoms with van der Waals surface area (Å²) < 4.78 is 68.1. The van der Waals surface area contributed by atoms with Gasteiger partial charge in [-0.05, 0) is 18.9 Å². The Morgan fingerprint density at radius 2 is 1.98 bits per heavy atom. The summed E-state index contributed by atoms with van der Waals surface area (Å²) >= 11 is 7.17. The highest BCUT2D eigenvalue weighted by Crippen LogP contribution is 2.36. The second-order valence-electron chi connectivity index (χ2n) is 9.51. The molecule has 9 nitrogen and oxygen atoms in total. The van der Waals surface area contributed by atoms with Crippen LogP contribution in [0.25, 0.3) is 0 Å². The normalized spacial score (nSPS) is 18.4. The molecule has 0 spiro atoms. The summed E-state index contributed by atoms with van der Waals surface area (Å²) in [6.07, 6.45) is -4.41. The van der Waals surface area contributed by atoms with E-state index in [0.717, 1.165) is 11.2 Å². The number of oxime groups is 1. The summed E-state index contributed by atoms with van der Waals surface area (Å²) in [5.41, 5.74) is -1.70. The zero-order valence-electron chi connectivity index (χ0n) is 20.9. The Hall–Kier alpha value is -3.33. The number of halogens is 6. The third-order valence-corrected chi connectivity index (χ3v) is 8.00. The summed E-state index contributed by atoms with van der Waals surface area (Å²) in [5, 5.41) is 10.2. The number of pyridine rings is 1. The predicted octanol–water partition coefficient (Wildman–Crippen LogP) is 4.92. The molecule has 5 heterocycles. The van der Waals surface area contributed by atoms with Gasteiger partial charge >= 0.3 is 6.18 Å². The van der Waals surface area contributed by atoms with Gasteiger partial charge in [0.1, 0.15) is 23.5 Å². The number of amides is 1. The Kier molecular flexibility index (Phi) is 7.70. The van der Waals surface area contributed by atoms with E-state index in [1.165, 1.54) is 27.1 Å². The van der Waals surface area contributed by atoms with E-state index in [1.54, 1.807) is 7.05 Å². The molecule has 1 saturated heterocycles. The van der Waals surface area contributed by atoms with Crippen LogP contribution in [-0.2, 0) is 29.4 Å². The van der Waals surface area contributed by atoms with Gasteiger partial charge in [-0.15, -0.1) is 11.3 Å². The number of aromatic nitrogens is 4. The molecule has 1 atom stereocenters. The Balaban J connectivity index is 1.19. The van der Waals surface area contributed by atoms with E-state index in [4.69, 9.17) is 16.4 Å². The first kappa shape index (κ1) is 28.2. The lowest BCUT2D eigenvalue weighted by molar-refractivity contribution is -0.139. The van der Waals surface area contributed by atoms with E-state index in [0.29, 0.717) is 48.0 Å². The molecule has 1 amide bonds. The van der Waals surface area contributed by atoms with Gasteiger partial charge in [0.2, 0.25) is 5.91 Å². The summed E-state index contributed by atoms with van der Waals surface area (Å²) in [5.74, 6) is -0.450. The van der Waals surface area contributed by atoms with E-state index >= 15 is 0 Å². The fourth-order valence-electron chi connectivity index (χ4n) is 4.79. The van der Waals surface area contributed by atoms with Crippen LogP contribution in [0, 0.1) is 0 Å². The lowest BCUT2D eigenvalue weighted by Crippen LogP contribution is -2.41. The number of carbonyl (C=O) groups is 1. The fourth-order valence-corrected chi connectivity index (χ4v) is 6.01. The first-order chi connectivity index (χ1) is 18.9. The SMILES string of the molecule is Cn1cc(C2CC(c3csc(C4CCN(C(=O)Cn5cc(Cl)cc(C(F)(F)F)c5=O)CC4)n3)=NO2)c(C(F)F)n1. The number of likely N-dealkylation sites (tertiary alicyclic amines) is 1. The lowest BCUT2D eigenvalue weighted by atomic mass is 9.97. The lowest BCUT2D eigenvalue weighted by Gasteiger charge is -2.31. The zero-order chi connectivity index (χ0) is 28.8. The average molecular weight is 605 g/mol. The highest BCUT2D eigenvalue weighted by molar-refractivity contribution is 7.10. The Bertz CT molecular complexity index is 1510. The molecule has 3 aromatic rings. The second kappa shape index (κ2) is 10.9. The van der Waals surface area contributed by atoms with Gasteiger partial charge in [-0.2, -0.15) is 18.3 Å². The minimum atomic E-state index is -4.89. The van der Waals surface area contributed by atoms with E-state index in [-0.39, 0.29) is 28.6 Å². The minimum absolute atomic E-state index is 0.0380. The largest absolute Gasteiger partial charge is 0.421 e. The van der Waals surface area contributed by atoms with Crippen molar-refractivity contribution < 1.29 is 31.6 Å². The topological polar surface area (TPSA) is 94.6 Å². The average Bonchev–Trinajstić information content (AvgIpc) is 3.64. The molecule has 2 aliphatic heterocycles. The molecule has 5 rings (SSSR count). The van der Waals surface area contributed by atoms with Crippen molar-refractivity contribution in [3.8, 4) is 0 Å². The molecule has 1 fully saturated rings. The van der Waals surface area contributed by atoms with Gasteiger partial charge < -0.3 is 14.3 Å². The number of hydrogen-bond donors (Lipinski definition) is 0. The molecule has 1 unspecified atom stereocenters. The van der Waals surface area contributed by atoms with Crippen molar-refractivity contribution >= 4 is 34.6 Å². The number of aryl methyl sites for hydroxylation is 1. The molecule has 214 valence electrons. The molecular weight excluding hydrogens is 583 g/mol. The van der Waals surface area contributed by atoms with Crippen LogP contribution in [0.15, 0.2) is 33.8 Å². The van der Waals surface area contributed by atoms with E-state index in [2.05, 4.69) is 15.2 Å². The smallest absolute Gasteiger partial charge is 0.387 e. The Labute approximate surface area is 232 Å². The van der Waals surface area contributed by atoms with Crippen molar-refractivity contribution in [1.29, 1.82) is 0 Å². The number of hydrogen-bond acceptors (Lipinski definition) is 7. The molecule has 0 N–H and O–H groups in total. The molecular formula is C24H22ClF5N6O3S. The maximum absolute atomic E-state index is 13.3. The number of thiazole rings is 1. The minimum Gasteiger partial charge on any atom is -0.387 e. The second-order valence-corrected chi connectivity index (χ2v) is 10.8. The van der Waals surface area contributed by atoms with Crippen molar-refractivity contribution in [2.24, 2.45) is 12.2 Å². The van der Waals surface area contributed by atoms with Gasteiger partial charge in [0.15, 0.2) is 6.10 Å².